The summed E-state index contributed by atoms with van der Waals surface area (Å²) < 4.78 is 4.91. The topological polar surface area (TPSA) is 51.2 Å². The maximum absolute atomic E-state index is 12.7. The monoisotopic (exact) mass is 410 g/mol. The van der Waals surface area contributed by atoms with Crippen molar-refractivity contribution in [3.63, 3.8) is 0 Å². The number of benzene rings is 1. The van der Waals surface area contributed by atoms with Gasteiger partial charge in [-0.15, -0.1) is 23.1 Å². The number of carbonyl (C=O) groups is 1. The summed E-state index contributed by atoms with van der Waals surface area (Å²) in [5.74, 6) is 1.61. The molecule has 0 radical (unpaired) electrons. The number of aromatic nitrogens is 1. The van der Waals surface area contributed by atoms with Gasteiger partial charge in [-0.05, 0) is 50.5 Å². The molecule has 0 unspecified atom stereocenters. The summed E-state index contributed by atoms with van der Waals surface area (Å²) in [6.07, 6.45) is 2.17. The van der Waals surface area contributed by atoms with Crippen LogP contribution < -0.4 is 5.32 Å². The Balaban J connectivity index is 1.57. The molecule has 1 aliphatic rings. The quantitative estimate of drug-likeness (QED) is 0.698. The highest BCUT2D eigenvalue weighted by molar-refractivity contribution is 8.01. The molecule has 0 saturated carbocycles. The summed E-state index contributed by atoms with van der Waals surface area (Å²) in [6.45, 7) is 5.62. The molecule has 2 aromatic rings. The van der Waals surface area contributed by atoms with Crippen molar-refractivity contribution in [2.75, 3.05) is 24.3 Å². The Bertz CT molecular complexity index is 740. The summed E-state index contributed by atoms with van der Waals surface area (Å²) in [5.41, 5.74) is 1.83. The SMILES string of the molecule is CC(C)(SCC1CCOCC1)C(=O)Nc1nc(-c2ccc(Cl)cc2)cs1. The molecule has 0 spiro atoms. The summed E-state index contributed by atoms with van der Waals surface area (Å²) >= 11 is 9.07. The summed E-state index contributed by atoms with van der Waals surface area (Å²) in [4.78, 5) is 17.2. The van der Waals surface area contributed by atoms with Crippen LogP contribution in [0, 0.1) is 5.92 Å². The highest BCUT2D eigenvalue weighted by Crippen LogP contribution is 2.32. The first kappa shape index (κ1) is 19.7. The fourth-order valence-electron chi connectivity index (χ4n) is 2.64. The predicted molar refractivity (Wildman–Crippen MR) is 111 cm³/mol. The normalized spacial score (nSPS) is 15.8. The number of nitrogens with zero attached hydrogens (tertiary/aromatic N) is 1. The van der Waals surface area contributed by atoms with Crippen LogP contribution in [-0.2, 0) is 9.53 Å². The Labute approximate surface area is 167 Å². The number of thioether (sulfide) groups is 1. The van der Waals surface area contributed by atoms with E-state index < -0.39 is 4.75 Å². The molecule has 1 amide bonds. The minimum atomic E-state index is -0.496. The highest BCUT2D eigenvalue weighted by Gasteiger charge is 2.30. The third-order valence-corrected chi connectivity index (χ3v) is 6.99. The number of halogens is 1. The van der Waals surface area contributed by atoms with Crippen LogP contribution in [0.3, 0.4) is 0 Å². The molecule has 4 nitrogen and oxygen atoms in total. The molecule has 1 N–H and O–H groups in total. The maximum Gasteiger partial charge on any atom is 0.241 e. The smallest absolute Gasteiger partial charge is 0.241 e. The number of rotatable bonds is 6. The number of anilines is 1. The van der Waals surface area contributed by atoms with Crippen molar-refractivity contribution < 1.29 is 9.53 Å². The number of hydrogen-bond donors (Lipinski definition) is 1. The van der Waals surface area contributed by atoms with Gasteiger partial charge in [-0.2, -0.15) is 0 Å². The molecule has 140 valence electrons. The number of thiazole rings is 1. The van der Waals surface area contributed by atoms with Crippen LogP contribution in [0.15, 0.2) is 29.6 Å². The standard InChI is InChI=1S/C19H23ClN2O2S2/c1-19(2,26-11-13-7-9-24-10-8-13)17(23)22-18-21-16(12-25-18)14-3-5-15(20)6-4-14/h3-6,12-13H,7-11H2,1-2H3,(H,21,22,23). The van der Waals surface area contributed by atoms with E-state index in [1.165, 1.54) is 11.3 Å². The van der Waals surface area contributed by atoms with Crippen LogP contribution in [0.2, 0.25) is 5.02 Å². The van der Waals surface area contributed by atoms with Gasteiger partial charge in [0.2, 0.25) is 5.91 Å². The van der Waals surface area contributed by atoms with Crippen molar-refractivity contribution in [1.29, 1.82) is 0 Å². The van der Waals surface area contributed by atoms with Gasteiger partial charge >= 0.3 is 0 Å². The van der Waals surface area contributed by atoms with Gasteiger partial charge in [0.25, 0.3) is 0 Å². The van der Waals surface area contributed by atoms with Gasteiger partial charge in [-0.1, -0.05) is 23.7 Å². The third-order valence-electron chi connectivity index (χ3n) is 4.43. The second-order valence-electron chi connectivity index (χ2n) is 6.88. The molecule has 26 heavy (non-hydrogen) atoms. The van der Waals surface area contributed by atoms with Gasteiger partial charge in [0.05, 0.1) is 10.4 Å². The van der Waals surface area contributed by atoms with E-state index in [1.807, 2.05) is 43.5 Å². The second-order valence-corrected chi connectivity index (χ2v) is 9.81. The number of nitrogens with one attached hydrogen (secondary N) is 1. The molecule has 1 aromatic heterocycles. The van der Waals surface area contributed by atoms with E-state index in [2.05, 4.69) is 10.3 Å². The zero-order chi connectivity index (χ0) is 18.6. The summed E-state index contributed by atoms with van der Waals surface area (Å²) in [7, 11) is 0. The van der Waals surface area contributed by atoms with Gasteiger partial charge in [0.15, 0.2) is 5.13 Å². The lowest BCUT2D eigenvalue weighted by atomic mass is 10.0. The first-order chi connectivity index (χ1) is 12.4. The molecule has 3 rings (SSSR count). The van der Waals surface area contributed by atoms with Crippen LogP contribution in [-0.4, -0.2) is 34.6 Å². The van der Waals surface area contributed by atoms with Crippen molar-refractivity contribution >= 4 is 45.7 Å². The highest BCUT2D eigenvalue weighted by atomic mass is 35.5. The Morgan fingerprint density at radius 2 is 2.04 bits per heavy atom. The Morgan fingerprint density at radius 1 is 1.35 bits per heavy atom. The lowest BCUT2D eigenvalue weighted by Gasteiger charge is -2.27. The molecule has 0 bridgehead atoms. The van der Waals surface area contributed by atoms with Gasteiger partial charge < -0.3 is 10.1 Å². The van der Waals surface area contributed by atoms with Crippen LogP contribution in [0.1, 0.15) is 26.7 Å². The molecule has 0 aliphatic carbocycles. The van der Waals surface area contributed by atoms with Gasteiger partial charge in [-0.25, -0.2) is 4.98 Å². The molecule has 1 aliphatic heterocycles. The number of ether oxygens (including phenoxy) is 1. The van der Waals surface area contributed by atoms with Crippen molar-refractivity contribution in [3.05, 3.63) is 34.7 Å². The van der Waals surface area contributed by atoms with Crippen LogP contribution in [0.25, 0.3) is 11.3 Å². The molecule has 1 aromatic carbocycles. The number of hydrogen-bond acceptors (Lipinski definition) is 5. The zero-order valence-electron chi connectivity index (χ0n) is 15.0. The van der Waals surface area contributed by atoms with E-state index in [4.69, 9.17) is 16.3 Å². The van der Waals surface area contributed by atoms with Crippen LogP contribution in [0.5, 0.6) is 0 Å². The maximum atomic E-state index is 12.7. The van der Waals surface area contributed by atoms with E-state index in [9.17, 15) is 4.79 Å². The van der Waals surface area contributed by atoms with Crippen molar-refractivity contribution in [2.45, 2.75) is 31.4 Å². The van der Waals surface area contributed by atoms with E-state index in [0.29, 0.717) is 16.1 Å². The average molecular weight is 411 g/mol. The van der Waals surface area contributed by atoms with Crippen molar-refractivity contribution in [2.24, 2.45) is 5.92 Å². The summed E-state index contributed by atoms with van der Waals surface area (Å²) in [5, 5.41) is 6.23. The van der Waals surface area contributed by atoms with Gasteiger partial charge in [0, 0.05) is 29.2 Å². The van der Waals surface area contributed by atoms with Crippen molar-refractivity contribution in [1.82, 2.24) is 4.98 Å². The number of carbonyl (C=O) groups excluding carboxylic acids is 1. The largest absolute Gasteiger partial charge is 0.381 e. The second kappa shape index (κ2) is 8.74. The van der Waals surface area contributed by atoms with E-state index in [-0.39, 0.29) is 5.91 Å². The fourth-order valence-corrected chi connectivity index (χ4v) is 4.65. The third kappa shape index (κ3) is 5.22. The molecule has 2 heterocycles. The van der Waals surface area contributed by atoms with E-state index >= 15 is 0 Å². The molecule has 1 saturated heterocycles. The first-order valence-corrected chi connectivity index (χ1v) is 10.9. The Hall–Kier alpha value is -1.08. The Kier molecular flexibility index (Phi) is 6.61. The van der Waals surface area contributed by atoms with Crippen molar-refractivity contribution in [3.8, 4) is 11.3 Å². The number of amides is 1. The Morgan fingerprint density at radius 3 is 2.73 bits per heavy atom. The molecular weight excluding hydrogens is 388 g/mol. The van der Waals surface area contributed by atoms with Gasteiger partial charge in [0.1, 0.15) is 0 Å². The van der Waals surface area contributed by atoms with Gasteiger partial charge in [-0.3, -0.25) is 4.79 Å². The molecule has 0 atom stereocenters. The minimum Gasteiger partial charge on any atom is -0.381 e. The lowest BCUT2D eigenvalue weighted by Crippen LogP contribution is -2.35. The minimum absolute atomic E-state index is 0.00781. The molecular formula is C19H23ClN2O2S2. The first-order valence-electron chi connectivity index (χ1n) is 8.69. The van der Waals surface area contributed by atoms with E-state index in [0.717, 1.165) is 43.1 Å². The van der Waals surface area contributed by atoms with Crippen LogP contribution >= 0.6 is 34.7 Å². The zero-order valence-corrected chi connectivity index (χ0v) is 17.3. The average Bonchev–Trinajstić information content (AvgIpc) is 3.10. The lowest BCUT2D eigenvalue weighted by molar-refractivity contribution is -0.117. The summed E-state index contributed by atoms with van der Waals surface area (Å²) in [6, 6.07) is 7.53. The predicted octanol–water partition coefficient (Wildman–Crippen LogP) is 5.34. The van der Waals surface area contributed by atoms with E-state index in [1.54, 1.807) is 11.8 Å². The molecule has 7 heteroatoms. The van der Waals surface area contributed by atoms with Crippen LogP contribution in [0.4, 0.5) is 5.13 Å². The fraction of sp³-hybridized carbons (Fsp3) is 0.474. The molecule has 1 fully saturated rings.